The molecule has 0 saturated heterocycles. The van der Waals surface area contributed by atoms with Crippen LogP contribution in [0, 0.1) is 0 Å². The van der Waals surface area contributed by atoms with Crippen molar-refractivity contribution in [1.82, 2.24) is 15.4 Å². The Hall–Kier alpha value is -1.08. The van der Waals surface area contributed by atoms with Crippen LogP contribution in [0.15, 0.2) is 22.0 Å². The molecule has 13 heavy (non-hydrogen) atoms. The normalized spacial score (nSPS) is 10.2. The summed E-state index contributed by atoms with van der Waals surface area (Å²) >= 11 is 7.75. The molecule has 5 nitrogen and oxygen atoms in total. The Morgan fingerprint density at radius 2 is 2.23 bits per heavy atom. The summed E-state index contributed by atoms with van der Waals surface area (Å²) in [6, 6.07) is 0. The van der Waals surface area contributed by atoms with Crippen LogP contribution in [0.4, 0.5) is 0 Å². The van der Waals surface area contributed by atoms with E-state index < -0.39 is 0 Å². The van der Waals surface area contributed by atoms with Crippen LogP contribution in [0.5, 0.6) is 0 Å². The van der Waals surface area contributed by atoms with Gasteiger partial charge in [-0.25, -0.2) is 9.97 Å². The summed E-state index contributed by atoms with van der Waals surface area (Å²) in [5.41, 5.74) is 7.53. The maximum atomic E-state index is 5.14. The highest BCUT2D eigenvalue weighted by atomic mass is 79.9. The van der Waals surface area contributed by atoms with E-state index in [0.29, 0.717) is 5.82 Å². The van der Waals surface area contributed by atoms with Gasteiger partial charge in [-0.3, -0.25) is 5.43 Å². The molecule has 1 heterocycles. The first kappa shape index (κ1) is 10.0. The summed E-state index contributed by atoms with van der Waals surface area (Å²) in [5, 5.41) is 3.79. The number of hydrogen-bond donors (Lipinski definition) is 2. The molecule has 0 unspecified atom stereocenters. The molecular formula is C6H6BrN5S. The Morgan fingerprint density at radius 1 is 1.62 bits per heavy atom. The smallest absolute Gasteiger partial charge is 0.184 e. The van der Waals surface area contributed by atoms with Gasteiger partial charge < -0.3 is 5.73 Å². The van der Waals surface area contributed by atoms with Crippen LogP contribution in [0.1, 0.15) is 5.82 Å². The number of hydrogen-bond acceptors (Lipinski definition) is 4. The first-order valence-electron chi connectivity index (χ1n) is 3.24. The van der Waals surface area contributed by atoms with Crippen LogP contribution >= 0.6 is 28.1 Å². The van der Waals surface area contributed by atoms with Gasteiger partial charge in [-0.15, -0.1) is 0 Å². The van der Waals surface area contributed by atoms with E-state index in [4.69, 9.17) is 5.73 Å². The number of hydrazone groups is 1. The molecule has 1 rings (SSSR count). The average Bonchev–Trinajstić information content (AvgIpc) is 2.08. The molecule has 0 saturated carbocycles. The summed E-state index contributed by atoms with van der Waals surface area (Å²) in [6.07, 6.45) is 4.66. The molecule has 0 aliphatic carbocycles. The molecule has 0 radical (unpaired) electrons. The van der Waals surface area contributed by atoms with Crippen LogP contribution in [0.2, 0.25) is 0 Å². The van der Waals surface area contributed by atoms with Gasteiger partial charge in [-0.1, -0.05) is 0 Å². The Balaban J connectivity index is 2.59. The minimum atomic E-state index is 0.105. The SMILES string of the molecule is NC(=S)NN=Cc1ncc(Br)cn1. The number of rotatable bonds is 2. The Morgan fingerprint density at radius 3 is 2.77 bits per heavy atom. The van der Waals surface area contributed by atoms with Gasteiger partial charge in [0, 0.05) is 12.4 Å². The fourth-order valence-corrected chi connectivity index (χ4v) is 0.800. The van der Waals surface area contributed by atoms with E-state index in [1.807, 2.05) is 0 Å². The minimum Gasteiger partial charge on any atom is -0.375 e. The summed E-state index contributed by atoms with van der Waals surface area (Å²) in [5.74, 6) is 0.479. The second-order valence-corrected chi connectivity index (χ2v) is 3.35. The number of thiocarbonyl (C=S) groups is 1. The Kier molecular flexibility index (Phi) is 3.71. The summed E-state index contributed by atoms with van der Waals surface area (Å²) in [7, 11) is 0. The molecule has 1 aromatic heterocycles. The quantitative estimate of drug-likeness (QED) is 0.457. The molecular weight excluding hydrogens is 254 g/mol. The number of nitrogens with zero attached hydrogens (tertiary/aromatic N) is 3. The molecule has 0 spiro atoms. The van der Waals surface area contributed by atoms with Crippen molar-refractivity contribution in [3.63, 3.8) is 0 Å². The van der Waals surface area contributed by atoms with Crippen molar-refractivity contribution in [1.29, 1.82) is 0 Å². The van der Waals surface area contributed by atoms with Crippen LogP contribution in [0.25, 0.3) is 0 Å². The number of aromatic nitrogens is 2. The zero-order valence-corrected chi connectivity index (χ0v) is 8.84. The zero-order chi connectivity index (χ0) is 9.68. The van der Waals surface area contributed by atoms with Crippen molar-refractivity contribution in [2.45, 2.75) is 0 Å². The summed E-state index contributed by atoms with van der Waals surface area (Å²) < 4.78 is 0.812. The third-order valence-corrected chi connectivity index (χ3v) is 1.50. The van der Waals surface area contributed by atoms with E-state index in [2.05, 4.69) is 48.6 Å². The van der Waals surface area contributed by atoms with Gasteiger partial charge in [0.2, 0.25) is 0 Å². The molecule has 0 fully saturated rings. The topological polar surface area (TPSA) is 76.2 Å². The lowest BCUT2D eigenvalue weighted by atomic mass is 10.6. The van der Waals surface area contributed by atoms with Crippen LogP contribution < -0.4 is 11.2 Å². The van der Waals surface area contributed by atoms with E-state index in [0.717, 1.165) is 4.47 Å². The summed E-state index contributed by atoms with van der Waals surface area (Å²) in [4.78, 5) is 7.89. The maximum absolute atomic E-state index is 5.14. The van der Waals surface area contributed by atoms with Gasteiger partial charge >= 0.3 is 0 Å². The molecule has 3 N–H and O–H groups in total. The predicted molar refractivity (Wildman–Crippen MR) is 57.2 cm³/mol. The lowest BCUT2D eigenvalue weighted by Gasteiger charge is -1.93. The lowest BCUT2D eigenvalue weighted by Crippen LogP contribution is -2.24. The third kappa shape index (κ3) is 3.90. The van der Waals surface area contributed by atoms with Gasteiger partial charge in [0.15, 0.2) is 10.9 Å². The van der Waals surface area contributed by atoms with Gasteiger partial charge in [0.05, 0.1) is 10.7 Å². The van der Waals surface area contributed by atoms with Crippen molar-refractivity contribution >= 4 is 39.5 Å². The molecule has 0 aromatic carbocycles. The maximum Gasteiger partial charge on any atom is 0.184 e. The van der Waals surface area contributed by atoms with Crippen LogP contribution in [-0.2, 0) is 0 Å². The Labute approximate surface area is 88.6 Å². The number of nitrogens with one attached hydrogen (secondary N) is 1. The molecule has 7 heteroatoms. The largest absolute Gasteiger partial charge is 0.375 e. The van der Waals surface area contributed by atoms with E-state index in [-0.39, 0.29) is 5.11 Å². The van der Waals surface area contributed by atoms with Gasteiger partial charge in [-0.05, 0) is 28.1 Å². The van der Waals surface area contributed by atoms with E-state index in [1.54, 1.807) is 12.4 Å². The molecule has 0 bridgehead atoms. The molecule has 68 valence electrons. The van der Waals surface area contributed by atoms with E-state index >= 15 is 0 Å². The molecule has 1 aromatic rings. The van der Waals surface area contributed by atoms with Gasteiger partial charge in [0.25, 0.3) is 0 Å². The fourth-order valence-electron chi connectivity index (χ4n) is 0.543. The molecule has 0 aliphatic heterocycles. The second-order valence-electron chi connectivity index (χ2n) is 1.99. The second kappa shape index (κ2) is 4.83. The van der Waals surface area contributed by atoms with Crippen LogP contribution in [-0.4, -0.2) is 21.3 Å². The first-order chi connectivity index (χ1) is 6.18. The van der Waals surface area contributed by atoms with Crippen molar-refractivity contribution in [3.8, 4) is 0 Å². The highest BCUT2D eigenvalue weighted by Gasteiger charge is 1.90. The fraction of sp³-hybridized carbons (Fsp3) is 0. The van der Waals surface area contributed by atoms with Crippen molar-refractivity contribution < 1.29 is 0 Å². The van der Waals surface area contributed by atoms with Crippen molar-refractivity contribution in [2.24, 2.45) is 10.8 Å². The molecule has 0 amide bonds. The molecule has 0 atom stereocenters. The number of halogens is 1. The van der Waals surface area contributed by atoms with Gasteiger partial charge in [-0.2, -0.15) is 5.10 Å². The zero-order valence-electron chi connectivity index (χ0n) is 6.44. The monoisotopic (exact) mass is 259 g/mol. The molecule has 0 aliphatic rings. The standard InChI is InChI=1S/C6H6BrN5S/c7-4-1-9-5(10-2-4)3-11-12-6(8)13/h1-3H,(H3,8,12,13). The summed E-state index contributed by atoms with van der Waals surface area (Å²) in [6.45, 7) is 0. The van der Waals surface area contributed by atoms with Gasteiger partial charge in [0.1, 0.15) is 0 Å². The Bertz CT molecular complexity index is 322. The first-order valence-corrected chi connectivity index (χ1v) is 4.44. The van der Waals surface area contributed by atoms with E-state index in [1.165, 1.54) is 6.21 Å². The average molecular weight is 260 g/mol. The highest BCUT2D eigenvalue weighted by molar-refractivity contribution is 9.10. The predicted octanol–water partition coefficient (Wildman–Crippen LogP) is 0.406. The van der Waals surface area contributed by atoms with Crippen molar-refractivity contribution in [3.05, 3.63) is 22.7 Å². The van der Waals surface area contributed by atoms with E-state index in [9.17, 15) is 0 Å². The van der Waals surface area contributed by atoms with Crippen molar-refractivity contribution in [2.75, 3.05) is 0 Å². The minimum absolute atomic E-state index is 0.105. The highest BCUT2D eigenvalue weighted by Crippen LogP contribution is 2.02. The number of nitrogens with two attached hydrogens (primary N) is 1. The van der Waals surface area contributed by atoms with Crippen LogP contribution in [0.3, 0.4) is 0 Å². The third-order valence-electron chi connectivity index (χ3n) is 0.995. The lowest BCUT2D eigenvalue weighted by molar-refractivity contribution is 1.03.